The Balaban J connectivity index is 2.31. The van der Waals surface area contributed by atoms with Crippen LogP contribution >= 0.6 is 11.6 Å². The van der Waals surface area contributed by atoms with Gasteiger partial charge in [0, 0.05) is 11.8 Å². The Hall–Kier alpha value is -2.00. The molecule has 96 valence electrons. The zero-order valence-corrected chi connectivity index (χ0v) is 11.6. The van der Waals surface area contributed by atoms with Crippen molar-refractivity contribution in [1.82, 2.24) is 9.38 Å². The Bertz CT molecular complexity index is 774. The van der Waals surface area contributed by atoms with Crippen LogP contribution in [0.4, 0.5) is 5.82 Å². The third-order valence-electron chi connectivity index (χ3n) is 3.27. The van der Waals surface area contributed by atoms with E-state index in [1.165, 1.54) is 5.56 Å². The third-order valence-corrected chi connectivity index (χ3v) is 3.49. The molecule has 2 aromatic heterocycles. The lowest BCUT2D eigenvalue weighted by Crippen LogP contribution is -1.95. The van der Waals surface area contributed by atoms with Crippen LogP contribution in [0.15, 0.2) is 36.5 Å². The van der Waals surface area contributed by atoms with Gasteiger partial charge >= 0.3 is 0 Å². The molecular formula is C15H14ClN3. The van der Waals surface area contributed by atoms with E-state index in [1.807, 2.05) is 16.5 Å². The van der Waals surface area contributed by atoms with E-state index in [4.69, 9.17) is 17.3 Å². The molecule has 0 aliphatic carbocycles. The number of imidazole rings is 1. The van der Waals surface area contributed by atoms with Crippen molar-refractivity contribution >= 4 is 23.1 Å². The average Bonchev–Trinajstić information content (AvgIpc) is 2.70. The quantitative estimate of drug-likeness (QED) is 0.730. The lowest BCUT2D eigenvalue weighted by atomic mass is 10.0. The summed E-state index contributed by atoms with van der Waals surface area (Å²) in [5, 5.41) is 0.643. The summed E-state index contributed by atoms with van der Waals surface area (Å²) < 4.78 is 1.82. The number of nitrogens with zero attached hydrogens (tertiary/aromatic N) is 2. The SMILES string of the molecule is Cc1ccc(C)c(-c2nc3ccc(Cl)cn3c2N)c1. The van der Waals surface area contributed by atoms with Crippen LogP contribution in [0.3, 0.4) is 0 Å². The summed E-state index contributed by atoms with van der Waals surface area (Å²) in [6, 6.07) is 9.96. The first-order valence-corrected chi connectivity index (χ1v) is 6.45. The van der Waals surface area contributed by atoms with Crippen molar-refractivity contribution in [3.8, 4) is 11.3 Å². The predicted molar refractivity (Wildman–Crippen MR) is 79.5 cm³/mol. The molecular weight excluding hydrogens is 258 g/mol. The van der Waals surface area contributed by atoms with Gasteiger partial charge in [-0.3, -0.25) is 4.40 Å². The molecule has 0 saturated carbocycles. The van der Waals surface area contributed by atoms with Gasteiger partial charge in [0.1, 0.15) is 17.2 Å². The van der Waals surface area contributed by atoms with Crippen LogP contribution in [0, 0.1) is 13.8 Å². The lowest BCUT2D eigenvalue weighted by molar-refractivity contribution is 1.20. The molecule has 2 N–H and O–H groups in total. The van der Waals surface area contributed by atoms with Gasteiger partial charge in [-0.25, -0.2) is 4.98 Å². The zero-order valence-electron chi connectivity index (χ0n) is 10.8. The molecule has 4 heteroatoms. The molecule has 0 unspecified atom stereocenters. The maximum absolute atomic E-state index is 6.20. The summed E-state index contributed by atoms with van der Waals surface area (Å²) >= 11 is 6.00. The number of nitrogen functional groups attached to an aromatic ring is 1. The van der Waals surface area contributed by atoms with E-state index in [0.29, 0.717) is 10.8 Å². The molecule has 0 aliphatic rings. The Morgan fingerprint density at radius 2 is 1.95 bits per heavy atom. The molecule has 3 aromatic rings. The summed E-state index contributed by atoms with van der Waals surface area (Å²) in [5.74, 6) is 0.617. The number of hydrogen-bond acceptors (Lipinski definition) is 2. The fraction of sp³-hybridized carbons (Fsp3) is 0.133. The zero-order chi connectivity index (χ0) is 13.6. The van der Waals surface area contributed by atoms with Crippen molar-refractivity contribution in [2.24, 2.45) is 0 Å². The molecule has 19 heavy (non-hydrogen) atoms. The monoisotopic (exact) mass is 271 g/mol. The number of anilines is 1. The second-order valence-corrected chi connectivity index (χ2v) is 5.18. The van der Waals surface area contributed by atoms with Crippen molar-refractivity contribution in [1.29, 1.82) is 0 Å². The van der Waals surface area contributed by atoms with Gasteiger partial charge in [-0.15, -0.1) is 0 Å². The largest absolute Gasteiger partial charge is 0.383 e. The first kappa shape index (κ1) is 12.1. The summed E-state index contributed by atoms with van der Waals surface area (Å²) in [6.07, 6.45) is 1.79. The van der Waals surface area contributed by atoms with E-state index in [1.54, 1.807) is 6.20 Å². The number of nitrogens with two attached hydrogens (primary N) is 1. The van der Waals surface area contributed by atoms with Gasteiger partial charge in [-0.2, -0.15) is 0 Å². The van der Waals surface area contributed by atoms with Crippen LogP contribution in [-0.4, -0.2) is 9.38 Å². The number of rotatable bonds is 1. The lowest BCUT2D eigenvalue weighted by Gasteiger charge is -2.05. The van der Waals surface area contributed by atoms with Gasteiger partial charge in [0.05, 0.1) is 5.02 Å². The Morgan fingerprint density at radius 1 is 1.16 bits per heavy atom. The third kappa shape index (κ3) is 1.96. The fourth-order valence-corrected chi connectivity index (χ4v) is 2.39. The van der Waals surface area contributed by atoms with Crippen LogP contribution < -0.4 is 5.73 Å². The molecule has 0 fully saturated rings. The molecule has 0 saturated heterocycles. The molecule has 3 rings (SSSR count). The smallest absolute Gasteiger partial charge is 0.139 e. The molecule has 0 amide bonds. The highest BCUT2D eigenvalue weighted by Crippen LogP contribution is 2.30. The van der Waals surface area contributed by atoms with E-state index in [2.05, 4.69) is 37.0 Å². The Labute approximate surface area is 116 Å². The predicted octanol–water partition coefficient (Wildman–Crippen LogP) is 3.85. The highest BCUT2D eigenvalue weighted by molar-refractivity contribution is 6.30. The van der Waals surface area contributed by atoms with Gasteiger partial charge in [-0.1, -0.05) is 29.3 Å². The number of benzene rings is 1. The fourth-order valence-electron chi connectivity index (χ4n) is 2.23. The second kappa shape index (κ2) is 4.28. The van der Waals surface area contributed by atoms with Gasteiger partial charge in [0.2, 0.25) is 0 Å². The number of hydrogen-bond donors (Lipinski definition) is 1. The van der Waals surface area contributed by atoms with Crippen molar-refractivity contribution in [3.63, 3.8) is 0 Å². The van der Waals surface area contributed by atoms with Crippen molar-refractivity contribution in [2.75, 3.05) is 5.73 Å². The summed E-state index contributed by atoms with van der Waals surface area (Å²) in [6.45, 7) is 4.12. The van der Waals surface area contributed by atoms with E-state index in [-0.39, 0.29) is 0 Å². The number of aryl methyl sites for hydroxylation is 2. The number of fused-ring (bicyclic) bond motifs is 1. The molecule has 2 heterocycles. The Kier molecular flexibility index (Phi) is 2.72. The summed E-state index contributed by atoms with van der Waals surface area (Å²) in [7, 11) is 0. The second-order valence-electron chi connectivity index (χ2n) is 4.74. The standard InChI is InChI=1S/C15H14ClN3/c1-9-3-4-10(2)12(7-9)14-15(17)19-8-11(16)5-6-13(19)18-14/h3-8H,17H2,1-2H3. The summed E-state index contributed by atoms with van der Waals surface area (Å²) in [4.78, 5) is 4.60. The number of halogens is 1. The normalized spacial score (nSPS) is 11.1. The van der Waals surface area contributed by atoms with Gasteiger partial charge < -0.3 is 5.73 Å². The van der Waals surface area contributed by atoms with Crippen LogP contribution in [0.25, 0.3) is 16.9 Å². The van der Waals surface area contributed by atoms with Crippen LogP contribution in [0.5, 0.6) is 0 Å². The minimum absolute atomic E-state index is 0.617. The minimum Gasteiger partial charge on any atom is -0.383 e. The Morgan fingerprint density at radius 3 is 2.74 bits per heavy atom. The molecule has 0 atom stereocenters. The van der Waals surface area contributed by atoms with E-state index in [0.717, 1.165) is 22.5 Å². The molecule has 0 aliphatic heterocycles. The number of aromatic nitrogens is 2. The van der Waals surface area contributed by atoms with E-state index in [9.17, 15) is 0 Å². The van der Waals surface area contributed by atoms with Crippen LogP contribution in [0.1, 0.15) is 11.1 Å². The maximum atomic E-state index is 6.20. The van der Waals surface area contributed by atoms with Crippen molar-refractivity contribution in [2.45, 2.75) is 13.8 Å². The molecule has 3 nitrogen and oxygen atoms in total. The van der Waals surface area contributed by atoms with Crippen molar-refractivity contribution in [3.05, 3.63) is 52.7 Å². The molecule has 1 aromatic carbocycles. The van der Waals surface area contributed by atoms with E-state index < -0.39 is 0 Å². The highest BCUT2D eigenvalue weighted by atomic mass is 35.5. The summed E-state index contributed by atoms with van der Waals surface area (Å²) in [5.41, 5.74) is 11.2. The minimum atomic E-state index is 0.617. The van der Waals surface area contributed by atoms with Crippen LogP contribution in [0.2, 0.25) is 5.02 Å². The van der Waals surface area contributed by atoms with Gasteiger partial charge in [0.25, 0.3) is 0 Å². The van der Waals surface area contributed by atoms with Crippen LogP contribution in [-0.2, 0) is 0 Å². The maximum Gasteiger partial charge on any atom is 0.139 e. The average molecular weight is 272 g/mol. The van der Waals surface area contributed by atoms with Crippen molar-refractivity contribution < 1.29 is 0 Å². The van der Waals surface area contributed by atoms with E-state index >= 15 is 0 Å². The molecule has 0 radical (unpaired) electrons. The molecule has 0 spiro atoms. The topological polar surface area (TPSA) is 43.3 Å². The van der Waals surface area contributed by atoms with Gasteiger partial charge in [-0.05, 0) is 37.6 Å². The first-order valence-electron chi connectivity index (χ1n) is 6.07. The van der Waals surface area contributed by atoms with Gasteiger partial charge in [0.15, 0.2) is 0 Å². The molecule has 0 bridgehead atoms. The highest BCUT2D eigenvalue weighted by Gasteiger charge is 2.13. The number of pyridine rings is 1. The first-order chi connectivity index (χ1) is 9.06.